The predicted molar refractivity (Wildman–Crippen MR) is 41.4 cm³/mol. The summed E-state index contributed by atoms with van der Waals surface area (Å²) in [5.41, 5.74) is -0.850. The van der Waals surface area contributed by atoms with Crippen molar-refractivity contribution >= 4 is 0 Å². The highest BCUT2D eigenvalue weighted by Gasteiger charge is 2.34. The summed E-state index contributed by atoms with van der Waals surface area (Å²) >= 11 is 0. The van der Waals surface area contributed by atoms with E-state index in [9.17, 15) is 13.2 Å². The third kappa shape index (κ3) is 2.37. The molecular formula is C9H8F3O. The summed E-state index contributed by atoms with van der Waals surface area (Å²) in [5.74, 6) is -0.169. The number of hydrogen-bond acceptors (Lipinski definition) is 1. The third-order valence-electron chi connectivity index (χ3n) is 1.40. The summed E-state index contributed by atoms with van der Waals surface area (Å²) in [6.07, 6.45) is -4.40. The highest BCUT2D eigenvalue weighted by atomic mass is 19.4. The van der Waals surface area contributed by atoms with Gasteiger partial charge >= 0.3 is 6.18 Å². The molecule has 0 spiro atoms. The lowest BCUT2D eigenvalue weighted by atomic mass is 10.2. The van der Waals surface area contributed by atoms with E-state index in [1.165, 1.54) is 18.2 Å². The zero-order valence-electron chi connectivity index (χ0n) is 6.98. The van der Waals surface area contributed by atoms with Crippen LogP contribution in [0.2, 0.25) is 0 Å². The average Bonchev–Trinajstić information content (AvgIpc) is 2.04. The zero-order chi connectivity index (χ0) is 9.90. The minimum absolute atomic E-state index is 0.169. The van der Waals surface area contributed by atoms with Crippen LogP contribution in [0.4, 0.5) is 13.2 Å². The number of hydrogen-bond donors (Lipinski definition) is 0. The summed E-state index contributed by atoms with van der Waals surface area (Å²) in [7, 11) is 0. The second-order valence-electron chi connectivity index (χ2n) is 2.34. The molecule has 1 aromatic rings. The van der Waals surface area contributed by atoms with Crippen LogP contribution < -0.4 is 4.74 Å². The lowest BCUT2D eigenvalue weighted by Crippen LogP contribution is -2.08. The first-order valence-corrected chi connectivity index (χ1v) is 3.76. The van der Waals surface area contributed by atoms with Crippen molar-refractivity contribution in [3.8, 4) is 5.75 Å². The fourth-order valence-corrected chi connectivity index (χ4v) is 0.919. The van der Waals surface area contributed by atoms with Crippen LogP contribution in [-0.2, 0) is 6.18 Å². The van der Waals surface area contributed by atoms with Gasteiger partial charge in [0.1, 0.15) is 11.3 Å². The molecule has 0 N–H and O–H groups in total. The van der Waals surface area contributed by atoms with Crippen LogP contribution in [0.1, 0.15) is 12.5 Å². The number of benzene rings is 1. The van der Waals surface area contributed by atoms with Gasteiger partial charge in [0, 0.05) is 0 Å². The maximum Gasteiger partial charge on any atom is 0.420 e. The Morgan fingerprint density at radius 2 is 2.15 bits per heavy atom. The molecule has 0 saturated heterocycles. The molecule has 0 amide bonds. The van der Waals surface area contributed by atoms with Gasteiger partial charge in [-0.15, -0.1) is 0 Å². The Hall–Kier alpha value is -1.19. The van der Waals surface area contributed by atoms with Crippen molar-refractivity contribution in [2.45, 2.75) is 13.1 Å². The van der Waals surface area contributed by atoms with Crippen molar-refractivity contribution in [2.24, 2.45) is 0 Å². The summed E-state index contributed by atoms with van der Waals surface area (Å²) in [6, 6.07) is 6.06. The van der Waals surface area contributed by atoms with Crippen LogP contribution in [0.15, 0.2) is 18.2 Å². The van der Waals surface area contributed by atoms with Gasteiger partial charge in [-0.3, -0.25) is 0 Å². The van der Waals surface area contributed by atoms with E-state index in [0.29, 0.717) is 0 Å². The van der Waals surface area contributed by atoms with Crippen molar-refractivity contribution in [1.29, 1.82) is 0 Å². The Bertz CT molecular complexity index is 280. The second-order valence-corrected chi connectivity index (χ2v) is 2.34. The van der Waals surface area contributed by atoms with Crippen LogP contribution in [0, 0.1) is 6.07 Å². The van der Waals surface area contributed by atoms with Crippen molar-refractivity contribution in [1.82, 2.24) is 0 Å². The molecule has 71 valence electrons. The van der Waals surface area contributed by atoms with Gasteiger partial charge in [-0.25, -0.2) is 0 Å². The molecule has 0 aromatic heterocycles. The molecule has 0 aliphatic heterocycles. The molecular weight excluding hydrogens is 181 g/mol. The van der Waals surface area contributed by atoms with Gasteiger partial charge in [0.2, 0.25) is 0 Å². The van der Waals surface area contributed by atoms with Crippen LogP contribution in [0.25, 0.3) is 0 Å². The average molecular weight is 189 g/mol. The topological polar surface area (TPSA) is 9.23 Å². The lowest BCUT2D eigenvalue weighted by Gasteiger charge is -2.11. The number of halogens is 3. The lowest BCUT2D eigenvalue weighted by molar-refractivity contribution is -0.139. The SMILES string of the molecule is CCOc1ccc[c]c1C(F)(F)F. The second kappa shape index (κ2) is 3.68. The Balaban J connectivity index is 3.05. The molecule has 0 fully saturated rings. The van der Waals surface area contributed by atoms with Crippen molar-refractivity contribution in [3.63, 3.8) is 0 Å². The molecule has 0 heterocycles. The van der Waals surface area contributed by atoms with Crippen LogP contribution in [-0.4, -0.2) is 6.61 Å². The predicted octanol–water partition coefficient (Wildman–Crippen LogP) is 2.90. The quantitative estimate of drug-likeness (QED) is 0.695. The van der Waals surface area contributed by atoms with Crippen molar-refractivity contribution in [2.75, 3.05) is 6.61 Å². The zero-order valence-corrected chi connectivity index (χ0v) is 6.98. The van der Waals surface area contributed by atoms with Gasteiger partial charge in [0.15, 0.2) is 0 Å². The van der Waals surface area contributed by atoms with Gasteiger partial charge < -0.3 is 4.74 Å². The van der Waals surface area contributed by atoms with Gasteiger partial charge in [0.05, 0.1) is 6.61 Å². The minimum atomic E-state index is -4.40. The van der Waals surface area contributed by atoms with Crippen LogP contribution in [0.3, 0.4) is 0 Å². The standard InChI is InChI=1S/C9H8F3O/c1-2-13-8-6-4-3-5-7(8)9(10,11)12/h3-4,6H,2H2,1H3. The maximum atomic E-state index is 12.3. The molecule has 0 atom stereocenters. The summed E-state index contributed by atoms with van der Waals surface area (Å²) < 4.78 is 41.6. The number of ether oxygens (including phenoxy) is 1. The van der Waals surface area contributed by atoms with Gasteiger partial charge in [-0.05, 0) is 19.1 Å². The van der Waals surface area contributed by atoms with Gasteiger partial charge in [0.25, 0.3) is 0 Å². The van der Waals surface area contributed by atoms with E-state index < -0.39 is 11.7 Å². The van der Waals surface area contributed by atoms with Gasteiger partial charge in [-0.1, -0.05) is 12.1 Å². The number of rotatable bonds is 2. The van der Waals surface area contributed by atoms with E-state index in [1.54, 1.807) is 6.92 Å². The Morgan fingerprint density at radius 3 is 2.69 bits per heavy atom. The maximum absolute atomic E-state index is 12.3. The smallest absolute Gasteiger partial charge is 0.420 e. The van der Waals surface area contributed by atoms with Gasteiger partial charge in [-0.2, -0.15) is 13.2 Å². The van der Waals surface area contributed by atoms with E-state index in [4.69, 9.17) is 4.74 Å². The molecule has 0 aliphatic rings. The Kier molecular flexibility index (Phi) is 2.80. The monoisotopic (exact) mass is 189 g/mol. The molecule has 4 heteroatoms. The molecule has 13 heavy (non-hydrogen) atoms. The van der Waals surface area contributed by atoms with Crippen LogP contribution >= 0.6 is 0 Å². The highest BCUT2D eigenvalue weighted by Crippen LogP contribution is 2.35. The first kappa shape index (κ1) is 9.89. The summed E-state index contributed by atoms with van der Waals surface area (Å²) in [5, 5.41) is 0. The van der Waals surface area contributed by atoms with E-state index in [0.717, 1.165) is 0 Å². The van der Waals surface area contributed by atoms with E-state index in [2.05, 4.69) is 6.07 Å². The molecule has 1 rings (SSSR count). The minimum Gasteiger partial charge on any atom is -0.493 e. The normalized spacial score (nSPS) is 11.4. The molecule has 1 nitrogen and oxygen atoms in total. The van der Waals surface area contributed by atoms with E-state index in [1.807, 2.05) is 0 Å². The molecule has 1 radical (unpaired) electrons. The molecule has 1 aromatic carbocycles. The molecule has 0 saturated carbocycles. The largest absolute Gasteiger partial charge is 0.493 e. The Labute approximate surface area is 74.1 Å². The molecule has 0 unspecified atom stereocenters. The van der Waals surface area contributed by atoms with Crippen molar-refractivity contribution < 1.29 is 17.9 Å². The van der Waals surface area contributed by atoms with E-state index >= 15 is 0 Å². The molecule has 0 bridgehead atoms. The fraction of sp³-hybridized carbons (Fsp3) is 0.333. The Morgan fingerprint density at radius 1 is 1.46 bits per heavy atom. The number of alkyl halides is 3. The summed E-state index contributed by atoms with van der Waals surface area (Å²) in [4.78, 5) is 0. The first-order valence-electron chi connectivity index (χ1n) is 3.76. The first-order chi connectivity index (χ1) is 6.05. The highest BCUT2D eigenvalue weighted by molar-refractivity contribution is 5.34. The van der Waals surface area contributed by atoms with Crippen molar-refractivity contribution in [3.05, 3.63) is 29.8 Å². The summed E-state index contributed by atoms with van der Waals surface area (Å²) in [6.45, 7) is 1.84. The van der Waals surface area contributed by atoms with E-state index in [-0.39, 0.29) is 12.4 Å². The fourth-order valence-electron chi connectivity index (χ4n) is 0.919. The van der Waals surface area contributed by atoms with Crippen LogP contribution in [0.5, 0.6) is 5.75 Å². The molecule has 0 aliphatic carbocycles. The third-order valence-corrected chi connectivity index (χ3v) is 1.40.